The number of hydrogen-bond donors (Lipinski definition) is 0. The maximum absolute atomic E-state index is 12.7. The van der Waals surface area contributed by atoms with Crippen LogP contribution in [0.2, 0.25) is 0 Å². The lowest BCUT2D eigenvalue weighted by atomic mass is 10.1. The molecular formula is C24H28N2O5. The smallest absolute Gasteiger partial charge is 0.311 e. The molecule has 0 N–H and O–H groups in total. The molecule has 3 rings (SSSR count). The van der Waals surface area contributed by atoms with Crippen LogP contribution in [0.15, 0.2) is 47.3 Å². The molecular weight excluding hydrogens is 396 g/mol. The van der Waals surface area contributed by atoms with Gasteiger partial charge in [0, 0.05) is 11.8 Å². The molecule has 0 amide bonds. The van der Waals surface area contributed by atoms with Gasteiger partial charge in [0.15, 0.2) is 11.5 Å². The summed E-state index contributed by atoms with van der Waals surface area (Å²) in [5.41, 5.74) is 0.609. The van der Waals surface area contributed by atoms with E-state index < -0.39 is 0 Å². The first-order valence-corrected chi connectivity index (χ1v) is 10.6. The van der Waals surface area contributed by atoms with Gasteiger partial charge in [0.25, 0.3) is 5.56 Å². The van der Waals surface area contributed by atoms with E-state index in [9.17, 15) is 9.59 Å². The summed E-state index contributed by atoms with van der Waals surface area (Å²) >= 11 is 0. The third kappa shape index (κ3) is 5.42. The minimum absolute atomic E-state index is 0.168. The topological polar surface area (TPSA) is 79.7 Å². The number of carbonyl (C=O) groups is 1. The summed E-state index contributed by atoms with van der Waals surface area (Å²) in [6.07, 6.45) is 1.98. The summed E-state index contributed by atoms with van der Waals surface area (Å²) in [6.45, 7) is 6.61. The maximum atomic E-state index is 12.7. The van der Waals surface area contributed by atoms with Gasteiger partial charge in [0.1, 0.15) is 6.61 Å². The van der Waals surface area contributed by atoms with Crippen LogP contribution < -0.4 is 19.8 Å². The van der Waals surface area contributed by atoms with Crippen LogP contribution in [0.4, 0.5) is 0 Å². The molecule has 3 aromatic rings. The van der Waals surface area contributed by atoms with E-state index in [0.717, 1.165) is 23.9 Å². The van der Waals surface area contributed by atoms with Crippen molar-refractivity contribution in [1.82, 2.24) is 9.78 Å². The molecule has 0 unspecified atom stereocenters. The number of ether oxygens (including phenoxy) is 3. The number of aromatic nitrogens is 2. The molecule has 7 nitrogen and oxygen atoms in total. The Bertz CT molecular complexity index is 1110. The van der Waals surface area contributed by atoms with E-state index in [-0.39, 0.29) is 30.4 Å². The van der Waals surface area contributed by atoms with Crippen molar-refractivity contribution in [3.05, 3.63) is 58.5 Å². The predicted octanol–water partition coefficient (Wildman–Crippen LogP) is 4.28. The van der Waals surface area contributed by atoms with Crippen LogP contribution >= 0.6 is 0 Å². The molecule has 0 aliphatic carbocycles. The third-order valence-electron chi connectivity index (χ3n) is 4.81. The highest BCUT2D eigenvalue weighted by molar-refractivity contribution is 5.83. The molecule has 0 saturated carbocycles. The second-order valence-corrected chi connectivity index (χ2v) is 7.10. The summed E-state index contributed by atoms with van der Waals surface area (Å²) < 4.78 is 18.5. The quantitative estimate of drug-likeness (QED) is 0.357. The minimum Gasteiger partial charge on any atom is -0.490 e. The van der Waals surface area contributed by atoms with Gasteiger partial charge in [-0.3, -0.25) is 9.59 Å². The predicted molar refractivity (Wildman–Crippen MR) is 119 cm³/mol. The minimum atomic E-state index is -0.332. The summed E-state index contributed by atoms with van der Waals surface area (Å²) in [7, 11) is 0. The Hall–Kier alpha value is -3.35. The van der Waals surface area contributed by atoms with Crippen molar-refractivity contribution >= 4 is 16.7 Å². The molecule has 0 bridgehead atoms. The van der Waals surface area contributed by atoms with Crippen LogP contribution in [-0.4, -0.2) is 29.0 Å². The number of esters is 1. The van der Waals surface area contributed by atoms with Gasteiger partial charge in [-0.05, 0) is 38.5 Å². The Labute approximate surface area is 181 Å². The van der Waals surface area contributed by atoms with E-state index in [1.807, 2.05) is 39.0 Å². The lowest BCUT2D eigenvalue weighted by Crippen LogP contribution is -2.26. The van der Waals surface area contributed by atoms with Gasteiger partial charge in [0.2, 0.25) is 5.75 Å². The molecule has 0 aliphatic rings. The standard InChI is InChI=1S/C24H28N2O5/c1-4-6-14-22(27)31-23-20(29-5-2)12-9-13-21(23)30-16-15-26-24(28)19-11-8-7-10-18(19)17(3)25-26/h7-13H,4-6,14-16H2,1-3H3. The molecule has 1 aromatic heterocycles. The number of para-hydroxylation sites is 1. The van der Waals surface area contributed by atoms with Gasteiger partial charge in [0.05, 0.1) is 24.2 Å². The molecule has 0 spiro atoms. The van der Waals surface area contributed by atoms with Crippen LogP contribution in [0.3, 0.4) is 0 Å². The van der Waals surface area contributed by atoms with Gasteiger partial charge in [-0.1, -0.05) is 37.6 Å². The number of hydrogen-bond acceptors (Lipinski definition) is 6. The van der Waals surface area contributed by atoms with E-state index in [4.69, 9.17) is 14.2 Å². The highest BCUT2D eigenvalue weighted by atomic mass is 16.6. The van der Waals surface area contributed by atoms with Crippen molar-refractivity contribution in [3.63, 3.8) is 0 Å². The van der Waals surface area contributed by atoms with E-state index >= 15 is 0 Å². The fourth-order valence-electron chi connectivity index (χ4n) is 3.26. The number of carbonyl (C=O) groups excluding carboxylic acids is 1. The Balaban J connectivity index is 1.78. The van der Waals surface area contributed by atoms with E-state index in [1.54, 1.807) is 24.3 Å². The van der Waals surface area contributed by atoms with E-state index in [2.05, 4.69) is 5.10 Å². The molecule has 2 aromatic carbocycles. The Morgan fingerprint density at radius 3 is 2.42 bits per heavy atom. The van der Waals surface area contributed by atoms with Crippen molar-refractivity contribution < 1.29 is 19.0 Å². The summed E-state index contributed by atoms with van der Waals surface area (Å²) in [5, 5.41) is 5.86. The summed E-state index contributed by atoms with van der Waals surface area (Å²) in [4.78, 5) is 24.9. The number of nitrogens with zero attached hydrogens (tertiary/aromatic N) is 2. The first-order chi connectivity index (χ1) is 15.0. The molecule has 0 saturated heterocycles. The van der Waals surface area contributed by atoms with Crippen LogP contribution in [0.5, 0.6) is 17.2 Å². The zero-order chi connectivity index (χ0) is 22.2. The van der Waals surface area contributed by atoms with Crippen molar-refractivity contribution in [2.45, 2.75) is 46.6 Å². The van der Waals surface area contributed by atoms with Crippen molar-refractivity contribution in [2.24, 2.45) is 0 Å². The molecule has 0 fully saturated rings. The first-order valence-electron chi connectivity index (χ1n) is 10.6. The zero-order valence-electron chi connectivity index (χ0n) is 18.2. The van der Waals surface area contributed by atoms with Gasteiger partial charge in [-0.15, -0.1) is 0 Å². The lowest BCUT2D eigenvalue weighted by molar-refractivity contribution is -0.134. The first kappa shape index (κ1) is 22.3. The second-order valence-electron chi connectivity index (χ2n) is 7.10. The number of fused-ring (bicyclic) bond motifs is 1. The summed E-state index contributed by atoms with van der Waals surface area (Å²) in [6, 6.07) is 12.6. The largest absolute Gasteiger partial charge is 0.490 e. The number of rotatable bonds is 10. The Kier molecular flexibility index (Phi) is 7.65. The van der Waals surface area contributed by atoms with Gasteiger partial charge >= 0.3 is 5.97 Å². The second kappa shape index (κ2) is 10.6. The number of benzene rings is 2. The van der Waals surface area contributed by atoms with Crippen LogP contribution in [0.25, 0.3) is 10.8 Å². The fourth-order valence-corrected chi connectivity index (χ4v) is 3.26. The SMILES string of the molecule is CCCCC(=O)Oc1c(OCC)cccc1OCCn1nc(C)c2ccccc2c1=O. The summed E-state index contributed by atoms with van der Waals surface area (Å²) in [5.74, 6) is 0.769. The lowest BCUT2D eigenvalue weighted by Gasteiger charge is -2.16. The van der Waals surface area contributed by atoms with Crippen molar-refractivity contribution in [3.8, 4) is 17.2 Å². The maximum Gasteiger partial charge on any atom is 0.311 e. The number of aryl methyl sites for hydroxylation is 1. The third-order valence-corrected chi connectivity index (χ3v) is 4.81. The Morgan fingerprint density at radius 2 is 1.71 bits per heavy atom. The van der Waals surface area contributed by atoms with Crippen LogP contribution in [0.1, 0.15) is 38.8 Å². The van der Waals surface area contributed by atoms with Crippen LogP contribution in [0, 0.1) is 6.92 Å². The van der Waals surface area contributed by atoms with E-state index in [1.165, 1.54) is 4.68 Å². The van der Waals surface area contributed by atoms with Crippen molar-refractivity contribution in [1.29, 1.82) is 0 Å². The highest BCUT2D eigenvalue weighted by Gasteiger charge is 2.17. The van der Waals surface area contributed by atoms with Gasteiger partial charge in [-0.25, -0.2) is 4.68 Å². The fraction of sp³-hybridized carbons (Fsp3) is 0.375. The van der Waals surface area contributed by atoms with Gasteiger partial charge in [-0.2, -0.15) is 5.10 Å². The Morgan fingerprint density at radius 1 is 1.00 bits per heavy atom. The van der Waals surface area contributed by atoms with Crippen molar-refractivity contribution in [2.75, 3.05) is 13.2 Å². The highest BCUT2D eigenvalue weighted by Crippen LogP contribution is 2.37. The monoisotopic (exact) mass is 424 g/mol. The average molecular weight is 424 g/mol. The van der Waals surface area contributed by atoms with E-state index in [0.29, 0.717) is 29.9 Å². The molecule has 0 radical (unpaired) electrons. The zero-order valence-corrected chi connectivity index (χ0v) is 18.2. The van der Waals surface area contributed by atoms with Crippen LogP contribution in [-0.2, 0) is 11.3 Å². The molecule has 0 atom stereocenters. The van der Waals surface area contributed by atoms with Gasteiger partial charge < -0.3 is 14.2 Å². The normalized spacial score (nSPS) is 10.8. The molecule has 1 heterocycles. The molecule has 164 valence electrons. The number of unbranched alkanes of at least 4 members (excludes halogenated alkanes) is 1. The molecule has 7 heteroatoms. The molecule has 31 heavy (non-hydrogen) atoms. The average Bonchev–Trinajstić information content (AvgIpc) is 2.77. The molecule has 0 aliphatic heterocycles.